The minimum Gasteiger partial charge on any atom is -0.462 e. The van der Waals surface area contributed by atoms with Crippen LogP contribution < -0.4 is 0 Å². The molecule has 1 aliphatic carbocycles. The van der Waals surface area contributed by atoms with Crippen molar-refractivity contribution in [1.29, 1.82) is 0 Å². The van der Waals surface area contributed by atoms with E-state index in [1.807, 2.05) is 6.92 Å². The normalized spacial score (nSPS) is 35.5. The lowest BCUT2D eigenvalue weighted by molar-refractivity contribution is -0.144. The Hall–Kier alpha value is -1.12. The molecule has 0 aromatic carbocycles. The van der Waals surface area contributed by atoms with Gasteiger partial charge in [-0.15, -0.1) is 0 Å². The maximum atomic E-state index is 11.6. The van der Waals surface area contributed by atoms with Crippen molar-refractivity contribution in [3.8, 4) is 0 Å². The van der Waals surface area contributed by atoms with Crippen LogP contribution in [0.2, 0.25) is 0 Å². The molecular weight excluding hydrogens is 228 g/mol. The molecular formula is C15H22O3. The molecule has 0 radical (unpaired) electrons. The fraction of sp³-hybridized carbons (Fsp3) is 0.733. The second-order valence-electron chi connectivity index (χ2n) is 5.78. The second-order valence-corrected chi connectivity index (χ2v) is 5.78. The average molecular weight is 250 g/mol. The Morgan fingerprint density at radius 1 is 1.44 bits per heavy atom. The SMILES string of the molecule is CC(=O)CCC1=CC[C@@H]2C(C)C(=O)O[C@H]2C[C@@H]1C. The van der Waals surface area contributed by atoms with Gasteiger partial charge in [0.2, 0.25) is 0 Å². The molecule has 18 heavy (non-hydrogen) atoms. The number of esters is 1. The molecule has 0 saturated carbocycles. The van der Waals surface area contributed by atoms with Crippen LogP contribution in [0.5, 0.6) is 0 Å². The summed E-state index contributed by atoms with van der Waals surface area (Å²) in [4.78, 5) is 22.6. The van der Waals surface area contributed by atoms with Crippen molar-refractivity contribution in [2.45, 2.75) is 52.6 Å². The minimum atomic E-state index is -0.0437. The highest BCUT2D eigenvalue weighted by Crippen LogP contribution is 2.39. The van der Waals surface area contributed by atoms with Crippen molar-refractivity contribution in [2.24, 2.45) is 17.8 Å². The highest BCUT2D eigenvalue weighted by molar-refractivity contribution is 5.76. The van der Waals surface area contributed by atoms with E-state index < -0.39 is 0 Å². The van der Waals surface area contributed by atoms with E-state index in [-0.39, 0.29) is 23.8 Å². The van der Waals surface area contributed by atoms with E-state index in [1.165, 1.54) is 5.57 Å². The summed E-state index contributed by atoms with van der Waals surface area (Å²) in [7, 11) is 0. The van der Waals surface area contributed by atoms with Gasteiger partial charge in [0.05, 0.1) is 5.92 Å². The summed E-state index contributed by atoms with van der Waals surface area (Å²) in [5.74, 6) is 0.961. The molecule has 1 unspecified atom stereocenters. The smallest absolute Gasteiger partial charge is 0.309 e. The highest BCUT2D eigenvalue weighted by atomic mass is 16.6. The molecule has 0 amide bonds. The maximum absolute atomic E-state index is 11.6. The molecule has 0 bridgehead atoms. The van der Waals surface area contributed by atoms with Crippen LogP contribution in [0.15, 0.2) is 11.6 Å². The van der Waals surface area contributed by atoms with Gasteiger partial charge in [0.15, 0.2) is 0 Å². The number of hydrogen-bond donors (Lipinski definition) is 0. The summed E-state index contributed by atoms with van der Waals surface area (Å²) in [6.07, 6.45) is 5.63. The first-order valence-corrected chi connectivity index (χ1v) is 6.88. The van der Waals surface area contributed by atoms with Gasteiger partial charge < -0.3 is 9.53 Å². The first kappa shape index (κ1) is 13.3. The van der Waals surface area contributed by atoms with Crippen LogP contribution in [0.1, 0.15) is 46.5 Å². The fourth-order valence-corrected chi connectivity index (χ4v) is 3.08. The standard InChI is InChI=1S/C15H22O3/c1-9-8-14-13(11(3)15(17)18-14)7-6-12(9)5-4-10(2)16/h6,9,11,13-14H,4-5,7-8H2,1-3H3/t9-,11?,13+,14-/m0/s1. The number of fused-ring (bicyclic) bond motifs is 1. The van der Waals surface area contributed by atoms with Crippen molar-refractivity contribution in [1.82, 2.24) is 0 Å². The Kier molecular flexibility index (Phi) is 3.88. The Bertz CT molecular complexity index is 383. The molecule has 100 valence electrons. The van der Waals surface area contributed by atoms with Gasteiger partial charge in [-0.3, -0.25) is 4.79 Å². The van der Waals surface area contributed by atoms with Gasteiger partial charge in [-0.05, 0) is 32.1 Å². The summed E-state index contributed by atoms with van der Waals surface area (Å²) in [6.45, 7) is 5.78. The van der Waals surface area contributed by atoms with Gasteiger partial charge in [0, 0.05) is 12.3 Å². The molecule has 1 heterocycles. The van der Waals surface area contributed by atoms with Crippen molar-refractivity contribution >= 4 is 11.8 Å². The summed E-state index contributed by atoms with van der Waals surface area (Å²) in [5, 5.41) is 0. The van der Waals surface area contributed by atoms with Gasteiger partial charge in [0.1, 0.15) is 11.9 Å². The Balaban J connectivity index is 2.05. The number of carbonyl (C=O) groups excluding carboxylic acids is 2. The van der Waals surface area contributed by atoms with Gasteiger partial charge in [-0.1, -0.05) is 25.5 Å². The van der Waals surface area contributed by atoms with E-state index >= 15 is 0 Å². The van der Waals surface area contributed by atoms with Crippen molar-refractivity contribution < 1.29 is 14.3 Å². The zero-order valence-corrected chi connectivity index (χ0v) is 11.4. The van der Waals surface area contributed by atoms with Crippen LogP contribution in [0, 0.1) is 17.8 Å². The molecule has 1 fully saturated rings. The number of carbonyl (C=O) groups is 2. The highest BCUT2D eigenvalue weighted by Gasteiger charge is 2.42. The summed E-state index contributed by atoms with van der Waals surface area (Å²) in [5.41, 5.74) is 1.36. The summed E-state index contributed by atoms with van der Waals surface area (Å²) < 4.78 is 5.46. The molecule has 2 rings (SSSR count). The fourth-order valence-electron chi connectivity index (χ4n) is 3.08. The molecule has 1 saturated heterocycles. The van der Waals surface area contributed by atoms with Gasteiger partial charge in [0.25, 0.3) is 0 Å². The third-order valence-corrected chi connectivity index (χ3v) is 4.40. The first-order valence-electron chi connectivity index (χ1n) is 6.88. The Morgan fingerprint density at radius 3 is 2.83 bits per heavy atom. The third-order valence-electron chi connectivity index (χ3n) is 4.40. The molecule has 1 aliphatic heterocycles. The summed E-state index contributed by atoms with van der Waals surface area (Å²) >= 11 is 0. The summed E-state index contributed by atoms with van der Waals surface area (Å²) in [6, 6.07) is 0. The molecule has 3 nitrogen and oxygen atoms in total. The number of ketones is 1. The van der Waals surface area contributed by atoms with Gasteiger partial charge in [-0.25, -0.2) is 0 Å². The lowest BCUT2D eigenvalue weighted by Gasteiger charge is -2.18. The molecule has 0 aromatic heterocycles. The predicted octanol–water partition coefficient (Wildman–Crippen LogP) is 2.89. The quantitative estimate of drug-likeness (QED) is 0.571. The second kappa shape index (κ2) is 5.25. The molecule has 0 aromatic rings. The van der Waals surface area contributed by atoms with E-state index in [2.05, 4.69) is 13.0 Å². The first-order chi connectivity index (χ1) is 8.49. The lowest BCUT2D eigenvalue weighted by Crippen LogP contribution is -2.19. The van der Waals surface area contributed by atoms with Crippen LogP contribution >= 0.6 is 0 Å². The van der Waals surface area contributed by atoms with Crippen molar-refractivity contribution in [3.05, 3.63) is 11.6 Å². The van der Waals surface area contributed by atoms with Crippen LogP contribution in [0.3, 0.4) is 0 Å². The largest absolute Gasteiger partial charge is 0.462 e. The Labute approximate surface area is 109 Å². The zero-order valence-electron chi connectivity index (χ0n) is 11.4. The third kappa shape index (κ3) is 2.65. The lowest BCUT2D eigenvalue weighted by atomic mass is 9.87. The Morgan fingerprint density at radius 2 is 2.17 bits per heavy atom. The van der Waals surface area contributed by atoms with Crippen LogP contribution in [0.4, 0.5) is 0 Å². The molecule has 0 spiro atoms. The number of ether oxygens (including phenoxy) is 1. The number of Topliss-reactive ketones (excluding diaryl/α,β-unsaturated/α-hetero) is 1. The van der Waals surface area contributed by atoms with E-state index in [0.717, 1.165) is 19.3 Å². The molecule has 3 heteroatoms. The monoisotopic (exact) mass is 250 g/mol. The van der Waals surface area contributed by atoms with E-state index in [0.29, 0.717) is 18.3 Å². The molecule has 2 aliphatic rings. The molecule has 0 N–H and O–H groups in total. The van der Waals surface area contributed by atoms with Crippen molar-refractivity contribution in [3.63, 3.8) is 0 Å². The number of rotatable bonds is 3. The van der Waals surface area contributed by atoms with E-state index in [9.17, 15) is 9.59 Å². The van der Waals surface area contributed by atoms with E-state index in [1.54, 1.807) is 6.92 Å². The average Bonchev–Trinajstić information content (AvgIpc) is 2.46. The predicted molar refractivity (Wildman–Crippen MR) is 68.9 cm³/mol. The van der Waals surface area contributed by atoms with Crippen LogP contribution in [0.25, 0.3) is 0 Å². The number of allylic oxidation sites excluding steroid dienone is 2. The van der Waals surface area contributed by atoms with E-state index in [4.69, 9.17) is 4.74 Å². The zero-order chi connectivity index (χ0) is 13.3. The maximum Gasteiger partial charge on any atom is 0.309 e. The van der Waals surface area contributed by atoms with Gasteiger partial charge >= 0.3 is 5.97 Å². The van der Waals surface area contributed by atoms with Crippen LogP contribution in [-0.2, 0) is 14.3 Å². The number of hydrogen-bond acceptors (Lipinski definition) is 3. The van der Waals surface area contributed by atoms with Crippen molar-refractivity contribution in [2.75, 3.05) is 0 Å². The topological polar surface area (TPSA) is 43.4 Å². The minimum absolute atomic E-state index is 0.0191. The molecule has 4 atom stereocenters. The van der Waals surface area contributed by atoms with Crippen LogP contribution in [-0.4, -0.2) is 17.9 Å². The van der Waals surface area contributed by atoms with Gasteiger partial charge in [-0.2, -0.15) is 0 Å².